The highest BCUT2D eigenvalue weighted by Crippen LogP contribution is 2.30. The van der Waals surface area contributed by atoms with Gasteiger partial charge in [-0.3, -0.25) is 4.98 Å². The SMILES string of the molecule is CC(Nc1cc2[nH]c(=O)oc2cc1N)c1ccccc1Cl. The molecule has 0 aliphatic rings. The molecule has 3 aromatic rings. The van der Waals surface area contributed by atoms with Crippen molar-refractivity contribution >= 4 is 34.1 Å². The van der Waals surface area contributed by atoms with Crippen LogP contribution in [0.5, 0.6) is 0 Å². The molecule has 0 fully saturated rings. The zero-order chi connectivity index (χ0) is 15.0. The number of aromatic nitrogens is 1. The Kier molecular flexibility index (Phi) is 3.35. The van der Waals surface area contributed by atoms with Crippen LogP contribution < -0.4 is 16.8 Å². The molecule has 108 valence electrons. The van der Waals surface area contributed by atoms with E-state index in [0.717, 1.165) is 5.56 Å². The second-order valence-corrected chi connectivity index (χ2v) is 5.24. The van der Waals surface area contributed by atoms with Crippen LogP contribution in [0, 0.1) is 0 Å². The number of fused-ring (bicyclic) bond motifs is 1. The highest BCUT2D eigenvalue weighted by Gasteiger charge is 2.12. The fraction of sp³-hybridized carbons (Fsp3) is 0.133. The van der Waals surface area contributed by atoms with E-state index in [2.05, 4.69) is 10.3 Å². The van der Waals surface area contributed by atoms with E-state index in [1.165, 1.54) is 0 Å². The minimum Gasteiger partial charge on any atom is -0.408 e. The van der Waals surface area contributed by atoms with Crippen LogP contribution in [0.15, 0.2) is 45.6 Å². The number of benzene rings is 2. The van der Waals surface area contributed by atoms with E-state index >= 15 is 0 Å². The van der Waals surface area contributed by atoms with E-state index in [1.807, 2.05) is 31.2 Å². The zero-order valence-corrected chi connectivity index (χ0v) is 12.1. The van der Waals surface area contributed by atoms with E-state index in [0.29, 0.717) is 27.5 Å². The van der Waals surface area contributed by atoms with Gasteiger partial charge in [-0.2, -0.15) is 0 Å². The van der Waals surface area contributed by atoms with Gasteiger partial charge in [-0.1, -0.05) is 29.8 Å². The van der Waals surface area contributed by atoms with Crippen LogP contribution in [-0.4, -0.2) is 4.98 Å². The van der Waals surface area contributed by atoms with Gasteiger partial charge in [0.05, 0.1) is 22.9 Å². The summed E-state index contributed by atoms with van der Waals surface area (Å²) in [5.74, 6) is -0.499. The van der Waals surface area contributed by atoms with Crippen molar-refractivity contribution in [3.63, 3.8) is 0 Å². The summed E-state index contributed by atoms with van der Waals surface area (Å²) >= 11 is 6.19. The molecule has 1 aromatic heterocycles. The molecular formula is C15H14ClN3O2. The van der Waals surface area contributed by atoms with Crippen LogP contribution in [0.3, 0.4) is 0 Å². The van der Waals surface area contributed by atoms with Gasteiger partial charge in [-0.05, 0) is 24.6 Å². The second kappa shape index (κ2) is 5.18. The Balaban J connectivity index is 1.96. The van der Waals surface area contributed by atoms with Crippen LogP contribution in [-0.2, 0) is 0 Å². The number of anilines is 2. The lowest BCUT2D eigenvalue weighted by Crippen LogP contribution is -2.08. The summed E-state index contributed by atoms with van der Waals surface area (Å²) in [5.41, 5.74) is 9.22. The molecule has 1 heterocycles. The number of rotatable bonds is 3. The van der Waals surface area contributed by atoms with Gasteiger partial charge in [-0.15, -0.1) is 0 Å². The lowest BCUT2D eigenvalue weighted by Gasteiger charge is -2.18. The average Bonchev–Trinajstić information content (AvgIpc) is 2.78. The first-order chi connectivity index (χ1) is 10.0. The molecule has 1 atom stereocenters. The van der Waals surface area contributed by atoms with Crippen molar-refractivity contribution in [3.05, 3.63) is 57.5 Å². The summed E-state index contributed by atoms with van der Waals surface area (Å²) in [6.07, 6.45) is 0. The topological polar surface area (TPSA) is 84.0 Å². The van der Waals surface area contributed by atoms with Crippen molar-refractivity contribution in [1.29, 1.82) is 0 Å². The summed E-state index contributed by atoms with van der Waals surface area (Å²) in [6.45, 7) is 1.99. The van der Waals surface area contributed by atoms with Crippen LogP contribution in [0.1, 0.15) is 18.5 Å². The average molecular weight is 304 g/mol. The highest BCUT2D eigenvalue weighted by molar-refractivity contribution is 6.31. The number of nitrogens with two attached hydrogens (primary N) is 1. The maximum atomic E-state index is 11.2. The van der Waals surface area contributed by atoms with Gasteiger partial charge in [0.15, 0.2) is 5.58 Å². The van der Waals surface area contributed by atoms with Crippen molar-refractivity contribution in [2.75, 3.05) is 11.1 Å². The van der Waals surface area contributed by atoms with Gasteiger partial charge < -0.3 is 15.5 Å². The highest BCUT2D eigenvalue weighted by atomic mass is 35.5. The largest absolute Gasteiger partial charge is 0.417 e. The molecule has 0 saturated carbocycles. The Morgan fingerprint density at radius 3 is 2.86 bits per heavy atom. The van der Waals surface area contributed by atoms with Gasteiger partial charge in [-0.25, -0.2) is 4.79 Å². The molecule has 0 saturated heterocycles. The van der Waals surface area contributed by atoms with E-state index in [9.17, 15) is 4.79 Å². The van der Waals surface area contributed by atoms with E-state index < -0.39 is 5.76 Å². The summed E-state index contributed by atoms with van der Waals surface area (Å²) in [4.78, 5) is 13.8. The smallest absolute Gasteiger partial charge is 0.408 e. The fourth-order valence-electron chi connectivity index (χ4n) is 2.28. The molecule has 21 heavy (non-hydrogen) atoms. The minimum absolute atomic E-state index is 0.0305. The third-order valence-corrected chi connectivity index (χ3v) is 3.68. The molecule has 0 radical (unpaired) electrons. The number of halogens is 1. The van der Waals surface area contributed by atoms with Crippen LogP contribution in [0.2, 0.25) is 5.02 Å². The monoisotopic (exact) mass is 303 g/mol. The van der Waals surface area contributed by atoms with Crippen LogP contribution in [0.25, 0.3) is 11.1 Å². The quantitative estimate of drug-likeness (QED) is 0.646. The summed E-state index contributed by atoms with van der Waals surface area (Å²) < 4.78 is 4.97. The van der Waals surface area contributed by atoms with Crippen molar-refractivity contribution in [2.24, 2.45) is 0 Å². The summed E-state index contributed by atoms with van der Waals surface area (Å²) in [5, 5.41) is 3.98. The van der Waals surface area contributed by atoms with Gasteiger partial charge in [0.25, 0.3) is 0 Å². The predicted molar refractivity (Wildman–Crippen MR) is 84.7 cm³/mol. The van der Waals surface area contributed by atoms with Crippen molar-refractivity contribution in [3.8, 4) is 0 Å². The van der Waals surface area contributed by atoms with Gasteiger partial charge in [0.1, 0.15) is 0 Å². The molecule has 0 aliphatic carbocycles. The number of oxazole rings is 1. The van der Waals surface area contributed by atoms with Crippen LogP contribution >= 0.6 is 11.6 Å². The molecule has 0 spiro atoms. The molecule has 4 N–H and O–H groups in total. The minimum atomic E-state index is -0.499. The first-order valence-electron chi connectivity index (χ1n) is 6.48. The third kappa shape index (κ3) is 2.60. The molecular weight excluding hydrogens is 290 g/mol. The Morgan fingerprint density at radius 2 is 2.10 bits per heavy atom. The van der Waals surface area contributed by atoms with Crippen molar-refractivity contribution in [2.45, 2.75) is 13.0 Å². The molecule has 0 amide bonds. The van der Waals surface area contributed by atoms with Gasteiger partial charge >= 0.3 is 5.76 Å². The Bertz CT molecular complexity index is 853. The number of H-pyrrole nitrogens is 1. The van der Waals surface area contributed by atoms with Crippen LogP contribution in [0.4, 0.5) is 11.4 Å². The number of hydrogen-bond donors (Lipinski definition) is 3. The maximum absolute atomic E-state index is 11.2. The Hall–Kier alpha value is -2.40. The molecule has 0 bridgehead atoms. The first-order valence-corrected chi connectivity index (χ1v) is 6.85. The summed E-state index contributed by atoms with van der Waals surface area (Å²) in [7, 11) is 0. The first kappa shape index (κ1) is 13.6. The maximum Gasteiger partial charge on any atom is 0.417 e. The molecule has 1 unspecified atom stereocenters. The molecule has 2 aromatic carbocycles. The second-order valence-electron chi connectivity index (χ2n) is 4.84. The van der Waals surface area contributed by atoms with Gasteiger partial charge in [0.2, 0.25) is 0 Å². The van der Waals surface area contributed by atoms with Crippen molar-refractivity contribution < 1.29 is 4.42 Å². The standard InChI is InChI=1S/C15H14ClN3O2/c1-8(9-4-2-3-5-10(9)16)18-12-7-13-14(6-11(12)17)21-15(20)19-13/h2-8,18H,17H2,1H3,(H,19,20). The molecule has 3 rings (SSSR count). The number of nitrogen functional groups attached to an aromatic ring is 1. The van der Waals surface area contributed by atoms with Gasteiger partial charge in [0, 0.05) is 11.1 Å². The lowest BCUT2D eigenvalue weighted by atomic mass is 10.1. The fourth-order valence-corrected chi connectivity index (χ4v) is 2.57. The molecule has 5 nitrogen and oxygen atoms in total. The Morgan fingerprint density at radius 1 is 1.33 bits per heavy atom. The predicted octanol–water partition coefficient (Wildman–Crippen LogP) is 3.53. The number of nitrogens with one attached hydrogen (secondary N) is 2. The van der Waals surface area contributed by atoms with E-state index in [1.54, 1.807) is 12.1 Å². The Labute approximate surface area is 125 Å². The molecule has 0 aliphatic heterocycles. The molecule has 6 heteroatoms. The summed E-state index contributed by atoms with van der Waals surface area (Å²) in [6, 6.07) is 11.0. The number of hydrogen-bond acceptors (Lipinski definition) is 4. The lowest BCUT2D eigenvalue weighted by molar-refractivity contribution is 0.555. The number of aromatic amines is 1. The zero-order valence-electron chi connectivity index (χ0n) is 11.3. The van der Waals surface area contributed by atoms with E-state index in [4.69, 9.17) is 21.8 Å². The van der Waals surface area contributed by atoms with Crippen molar-refractivity contribution in [1.82, 2.24) is 4.98 Å². The normalized spacial score (nSPS) is 12.5. The third-order valence-electron chi connectivity index (χ3n) is 3.33. The van der Waals surface area contributed by atoms with E-state index in [-0.39, 0.29) is 6.04 Å².